The van der Waals surface area contributed by atoms with Gasteiger partial charge in [0.15, 0.2) is 6.61 Å². The van der Waals surface area contributed by atoms with E-state index in [1.54, 1.807) is 7.11 Å². The highest BCUT2D eigenvalue weighted by atomic mass is 16.5. The maximum atomic E-state index is 12.2. The van der Waals surface area contributed by atoms with E-state index in [1.807, 2.05) is 45.0 Å². The van der Waals surface area contributed by atoms with Crippen LogP contribution < -0.4 is 19.8 Å². The molecule has 1 aliphatic rings. The quantitative estimate of drug-likeness (QED) is 0.497. The molecule has 0 radical (unpaired) electrons. The second-order valence-corrected chi connectivity index (χ2v) is 7.91. The number of carbonyl (C=O) groups excluding carboxylic acids is 1. The van der Waals surface area contributed by atoms with Crippen molar-refractivity contribution in [2.24, 2.45) is 5.10 Å². The minimum Gasteiger partial charge on any atom is -0.496 e. The van der Waals surface area contributed by atoms with Crippen LogP contribution >= 0.6 is 0 Å². The molecule has 0 aromatic heterocycles. The van der Waals surface area contributed by atoms with Crippen LogP contribution in [0.2, 0.25) is 0 Å². The number of ether oxygens (including phenoxy) is 3. The summed E-state index contributed by atoms with van der Waals surface area (Å²) in [6.45, 7) is 10.2. The first-order valence-corrected chi connectivity index (χ1v) is 10.6. The average molecular weight is 427 g/mol. The zero-order valence-electron chi connectivity index (χ0n) is 18.8. The molecule has 1 aliphatic heterocycles. The third-order valence-electron chi connectivity index (χ3n) is 5.25. The van der Waals surface area contributed by atoms with Crippen LogP contribution in [-0.4, -0.2) is 51.6 Å². The Morgan fingerprint density at radius 2 is 1.84 bits per heavy atom. The van der Waals surface area contributed by atoms with Gasteiger partial charge in [-0.2, -0.15) is 5.10 Å². The molecule has 7 nitrogen and oxygen atoms in total. The number of hydrogen-bond acceptors (Lipinski definition) is 5. The largest absolute Gasteiger partial charge is 0.496 e. The van der Waals surface area contributed by atoms with E-state index < -0.39 is 0 Å². The van der Waals surface area contributed by atoms with Crippen molar-refractivity contribution >= 4 is 11.6 Å². The third kappa shape index (κ3) is 6.80. The van der Waals surface area contributed by atoms with Crippen molar-refractivity contribution < 1.29 is 23.9 Å². The first-order valence-electron chi connectivity index (χ1n) is 10.6. The number of amides is 1. The normalized spacial score (nSPS) is 14.9. The van der Waals surface area contributed by atoms with Gasteiger partial charge in [0.1, 0.15) is 31.1 Å². The van der Waals surface area contributed by atoms with Gasteiger partial charge >= 0.3 is 0 Å². The van der Waals surface area contributed by atoms with Crippen LogP contribution in [0, 0.1) is 13.8 Å². The molecule has 1 fully saturated rings. The minimum atomic E-state index is -0.301. The number of nitrogens with one attached hydrogen (secondary N) is 2. The van der Waals surface area contributed by atoms with Crippen molar-refractivity contribution in [3.63, 3.8) is 0 Å². The molecule has 1 saturated heterocycles. The molecule has 1 heterocycles. The molecule has 0 unspecified atom stereocenters. The molecule has 0 spiro atoms. The summed E-state index contributed by atoms with van der Waals surface area (Å²) in [4.78, 5) is 13.6. The molecule has 2 aromatic carbocycles. The molecular formula is C24H32N3O4+. The van der Waals surface area contributed by atoms with E-state index in [-0.39, 0.29) is 12.5 Å². The molecule has 0 aliphatic carbocycles. The van der Waals surface area contributed by atoms with Crippen LogP contribution in [0.4, 0.5) is 0 Å². The lowest BCUT2D eigenvalue weighted by Crippen LogP contribution is -3.12. The number of rotatable bonds is 8. The Balaban J connectivity index is 1.60. The molecule has 31 heavy (non-hydrogen) atoms. The maximum absolute atomic E-state index is 12.2. The number of nitrogens with zero attached hydrogens (tertiary/aromatic N) is 1. The van der Waals surface area contributed by atoms with Gasteiger partial charge in [-0.15, -0.1) is 0 Å². The third-order valence-corrected chi connectivity index (χ3v) is 5.25. The van der Waals surface area contributed by atoms with Gasteiger partial charge in [0.05, 0.1) is 26.0 Å². The SMILES string of the molecule is COc1ccc(/C(C)=N\NC(=O)COc2cc(C)cc(C)c2)cc1C[NH+]1CCOCC1. The summed E-state index contributed by atoms with van der Waals surface area (Å²) in [6, 6.07) is 11.9. The molecule has 2 N–H and O–H groups in total. The minimum absolute atomic E-state index is 0.0894. The molecule has 3 rings (SSSR count). The summed E-state index contributed by atoms with van der Waals surface area (Å²) in [6.07, 6.45) is 0. The predicted molar refractivity (Wildman–Crippen MR) is 120 cm³/mol. The molecule has 2 aromatic rings. The summed E-state index contributed by atoms with van der Waals surface area (Å²) in [5.74, 6) is 1.24. The monoisotopic (exact) mass is 426 g/mol. The number of aryl methyl sites for hydroxylation is 2. The zero-order valence-corrected chi connectivity index (χ0v) is 18.8. The zero-order chi connectivity index (χ0) is 22.2. The van der Waals surface area contributed by atoms with E-state index in [0.29, 0.717) is 5.75 Å². The Hall–Kier alpha value is -2.90. The van der Waals surface area contributed by atoms with Crippen LogP contribution in [0.15, 0.2) is 41.5 Å². The van der Waals surface area contributed by atoms with Gasteiger partial charge in [0.2, 0.25) is 0 Å². The number of hydrazone groups is 1. The smallest absolute Gasteiger partial charge is 0.277 e. The molecule has 7 heteroatoms. The summed E-state index contributed by atoms with van der Waals surface area (Å²) >= 11 is 0. The van der Waals surface area contributed by atoms with Gasteiger partial charge in [-0.05, 0) is 67.8 Å². The van der Waals surface area contributed by atoms with Crippen LogP contribution in [0.1, 0.15) is 29.2 Å². The number of carbonyl (C=O) groups is 1. The molecule has 1 amide bonds. The molecule has 0 atom stereocenters. The Kier molecular flexibility index (Phi) is 8.03. The lowest BCUT2D eigenvalue weighted by atomic mass is 10.1. The summed E-state index contributed by atoms with van der Waals surface area (Å²) < 4.78 is 16.6. The predicted octanol–water partition coefficient (Wildman–Crippen LogP) is 1.65. The standard InChI is InChI=1S/C24H31N3O4/c1-17-11-18(2)13-22(12-17)31-16-24(28)26-25-19(3)20-5-6-23(29-4)21(14-20)15-27-7-9-30-10-8-27/h5-6,11-14H,7-10,15-16H2,1-4H3,(H,26,28)/p+1/b25-19-. The number of hydrogen-bond donors (Lipinski definition) is 2. The van der Waals surface area contributed by atoms with E-state index in [0.717, 1.165) is 66.6 Å². The highest BCUT2D eigenvalue weighted by Crippen LogP contribution is 2.20. The van der Waals surface area contributed by atoms with Gasteiger partial charge in [-0.25, -0.2) is 5.43 Å². The molecule has 0 saturated carbocycles. The van der Waals surface area contributed by atoms with Crippen molar-refractivity contribution in [1.82, 2.24) is 5.43 Å². The number of methoxy groups -OCH3 is 1. The number of quaternary nitrogens is 1. The highest BCUT2D eigenvalue weighted by Gasteiger charge is 2.17. The van der Waals surface area contributed by atoms with Crippen LogP contribution in [-0.2, 0) is 16.1 Å². The second-order valence-electron chi connectivity index (χ2n) is 7.91. The van der Waals surface area contributed by atoms with Crippen molar-refractivity contribution in [1.29, 1.82) is 0 Å². The Morgan fingerprint density at radius 3 is 2.52 bits per heavy atom. The Morgan fingerprint density at radius 1 is 1.13 bits per heavy atom. The maximum Gasteiger partial charge on any atom is 0.277 e. The van der Waals surface area contributed by atoms with Gasteiger partial charge < -0.3 is 19.1 Å². The lowest BCUT2D eigenvalue weighted by molar-refractivity contribution is -0.921. The van der Waals surface area contributed by atoms with E-state index in [1.165, 1.54) is 4.90 Å². The fraction of sp³-hybridized carbons (Fsp3) is 0.417. The second kappa shape index (κ2) is 10.9. The lowest BCUT2D eigenvalue weighted by Gasteiger charge is -2.24. The van der Waals surface area contributed by atoms with Crippen LogP contribution in [0.25, 0.3) is 0 Å². The summed E-state index contributed by atoms with van der Waals surface area (Å²) in [5.41, 5.74) is 7.56. The molecular weight excluding hydrogens is 394 g/mol. The van der Waals surface area contributed by atoms with E-state index in [9.17, 15) is 4.79 Å². The Labute approximate surface area is 184 Å². The van der Waals surface area contributed by atoms with Crippen LogP contribution in [0.3, 0.4) is 0 Å². The molecule has 0 bridgehead atoms. The van der Waals surface area contributed by atoms with Gasteiger partial charge in [0.25, 0.3) is 5.91 Å². The highest BCUT2D eigenvalue weighted by molar-refractivity contribution is 5.99. The van der Waals surface area contributed by atoms with Crippen molar-refractivity contribution in [2.45, 2.75) is 27.3 Å². The van der Waals surface area contributed by atoms with Gasteiger partial charge in [-0.1, -0.05) is 6.07 Å². The summed E-state index contributed by atoms with van der Waals surface area (Å²) in [7, 11) is 1.68. The van der Waals surface area contributed by atoms with E-state index in [4.69, 9.17) is 14.2 Å². The fourth-order valence-corrected chi connectivity index (χ4v) is 3.66. The summed E-state index contributed by atoms with van der Waals surface area (Å²) in [5, 5.41) is 4.25. The average Bonchev–Trinajstić information content (AvgIpc) is 2.76. The first kappa shape index (κ1) is 22.8. The van der Waals surface area contributed by atoms with E-state index in [2.05, 4.69) is 22.7 Å². The Bertz CT molecular complexity index is 916. The fourth-order valence-electron chi connectivity index (χ4n) is 3.66. The van der Waals surface area contributed by atoms with Crippen molar-refractivity contribution in [3.8, 4) is 11.5 Å². The number of morpholine rings is 1. The van der Waals surface area contributed by atoms with Crippen molar-refractivity contribution in [3.05, 3.63) is 58.7 Å². The van der Waals surface area contributed by atoms with E-state index >= 15 is 0 Å². The van der Waals surface area contributed by atoms with Crippen molar-refractivity contribution in [2.75, 3.05) is 40.0 Å². The topological polar surface area (TPSA) is 73.6 Å². The molecule has 166 valence electrons. The number of benzene rings is 2. The van der Waals surface area contributed by atoms with Gasteiger partial charge in [0, 0.05) is 5.56 Å². The van der Waals surface area contributed by atoms with Crippen LogP contribution in [0.5, 0.6) is 11.5 Å². The van der Waals surface area contributed by atoms with Gasteiger partial charge in [-0.3, -0.25) is 4.79 Å². The first-order chi connectivity index (χ1) is 14.9.